The summed E-state index contributed by atoms with van der Waals surface area (Å²) in [5, 5.41) is 17.8. The van der Waals surface area contributed by atoms with E-state index in [1.54, 1.807) is 18.2 Å². The SMILES string of the molecule is CCNC(=NCC(O)c1cc(Cl)cc(Cl)c1)NCCCCN(C)C(C)C. The van der Waals surface area contributed by atoms with Crippen LogP contribution >= 0.6 is 23.2 Å². The number of benzene rings is 1. The van der Waals surface area contributed by atoms with Gasteiger partial charge in [-0.2, -0.15) is 0 Å². The maximum atomic E-state index is 10.3. The molecule has 0 aliphatic rings. The number of nitrogens with one attached hydrogen (secondary N) is 2. The van der Waals surface area contributed by atoms with Crippen LogP contribution in [0.1, 0.15) is 45.3 Å². The molecule has 1 aromatic rings. The van der Waals surface area contributed by atoms with Crippen LogP contribution in [0.3, 0.4) is 0 Å². The minimum Gasteiger partial charge on any atom is -0.386 e. The van der Waals surface area contributed by atoms with Crippen molar-refractivity contribution in [2.45, 2.75) is 45.8 Å². The molecule has 0 amide bonds. The van der Waals surface area contributed by atoms with E-state index in [9.17, 15) is 5.11 Å². The zero-order valence-electron chi connectivity index (χ0n) is 16.2. The highest BCUT2D eigenvalue weighted by Crippen LogP contribution is 2.23. The van der Waals surface area contributed by atoms with Crippen molar-refractivity contribution >= 4 is 29.2 Å². The Morgan fingerprint density at radius 1 is 1.15 bits per heavy atom. The highest BCUT2D eigenvalue weighted by molar-refractivity contribution is 6.34. The summed E-state index contributed by atoms with van der Waals surface area (Å²) >= 11 is 12.0. The molecule has 5 nitrogen and oxygen atoms in total. The van der Waals surface area contributed by atoms with E-state index in [2.05, 4.69) is 41.4 Å². The topological polar surface area (TPSA) is 59.9 Å². The molecule has 148 valence electrons. The minimum atomic E-state index is -0.749. The van der Waals surface area contributed by atoms with Gasteiger partial charge in [0.05, 0.1) is 12.6 Å². The minimum absolute atomic E-state index is 0.238. The standard InChI is InChI=1S/C19H32Cl2N4O/c1-5-22-19(23-8-6-7-9-25(4)14(2)3)24-13-18(26)15-10-16(20)12-17(21)11-15/h10-12,14,18,26H,5-9,13H2,1-4H3,(H2,22,23,24). The van der Waals surface area contributed by atoms with Gasteiger partial charge >= 0.3 is 0 Å². The fraction of sp³-hybridized carbons (Fsp3) is 0.632. The van der Waals surface area contributed by atoms with Gasteiger partial charge in [-0.25, -0.2) is 0 Å². The third-order valence-electron chi connectivity index (χ3n) is 4.15. The summed E-state index contributed by atoms with van der Waals surface area (Å²) in [6, 6.07) is 5.63. The Morgan fingerprint density at radius 3 is 2.38 bits per heavy atom. The zero-order chi connectivity index (χ0) is 19.5. The third kappa shape index (κ3) is 9.08. The van der Waals surface area contributed by atoms with E-state index in [4.69, 9.17) is 23.2 Å². The summed E-state index contributed by atoms with van der Waals surface area (Å²) in [4.78, 5) is 6.80. The van der Waals surface area contributed by atoms with E-state index in [0.29, 0.717) is 27.6 Å². The van der Waals surface area contributed by atoms with Crippen molar-refractivity contribution in [2.75, 3.05) is 33.2 Å². The predicted molar refractivity (Wildman–Crippen MR) is 112 cm³/mol. The molecule has 1 rings (SSSR count). The predicted octanol–water partition coefficient (Wildman–Crippen LogP) is 3.70. The molecule has 0 bridgehead atoms. The van der Waals surface area contributed by atoms with Crippen LogP contribution in [0.4, 0.5) is 0 Å². The molecule has 3 N–H and O–H groups in total. The normalized spacial score (nSPS) is 13.3. The molecular formula is C19H32Cl2N4O. The molecule has 0 saturated heterocycles. The largest absolute Gasteiger partial charge is 0.386 e. The van der Waals surface area contributed by atoms with Gasteiger partial charge in [-0.05, 0) is 71.0 Å². The van der Waals surface area contributed by atoms with Crippen molar-refractivity contribution in [1.82, 2.24) is 15.5 Å². The molecular weight excluding hydrogens is 371 g/mol. The number of aliphatic imine (C=N–C) groups is 1. The monoisotopic (exact) mass is 402 g/mol. The van der Waals surface area contributed by atoms with Gasteiger partial charge in [-0.3, -0.25) is 4.99 Å². The summed E-state index contributed by atoms with van der Waals surface area (Å²) in [6.45, 7) is 9.35. The number of guanidine groups is 1. The summed E-state index contributed by atoms with van der Waals surface area (Å²) in [5.74, 6) is 0.705. The number of unbranched alkanes of at least 4 members (excludes halogenated alkanes) is 1. The highest BCUT2D eigenvalue weighted by Gasteiger charge is 2.10. The first kappa shape index (κ1) is 23.0. The van der Waals surface area contributed by atoms with E-state index < -0.39 is 6.10 Å². The molecule has 0 aromatic heterocycles. The fourth-order valence-electron chi connectivity index (χ4n) is 2.34. The van der Waals surface area contributed by atoms with Gasteiger partial charge in [0.1, 0.15) is 0 Å². The van der Waals surface area contributed by atoms with Crippen LogP contribution in [0.5, 0.6) is 0 Å². The lowest BCUT2D eigenvalue weighted by Crippen LogP contribution is -2.38. The maximum absolute atomic E-state index is 10.3. The first-order chi connectivity index (χ1) is 12.3. The quantitative estimate of drug-likeness (QED) is 0.317. The molecule has 0 aliphatic heterocycles. The number of nitrogens with zero attached hydrogens (tertiary/aromatic N) is 2. The van der Waals surface area contributed by atoms with Gasteiger partial charge in [0.15, 0.2) is 5.96 Å². The van der Waals surface area contributed by atoms with E-state index in [-0.39, 0.29) is 6.54 Å². The summed E-state index contributed by atoms with van der Waals surface area (Å²) in [6.07, 6.45) is 1.44. The van der Waals surface area contributed by atoms with Crippen molar-refractivity contribution in [1.29, 1.82) is 0 Å². The van der Waals surface area contributed by atoms with Crippen LogP contribution in [0.2, 0.25) is 10.0 Å². The summed E-state index contributed by atoms with van der Waals surface area (Å²) in [5.41, 5.74) is 0.666. The molecule has 0 radical (unpaired) electrons. The van der Waals surface area contributed by atoms with Crippen LogP contribution in [-0.2, 0) is 0 Å². The van der Waals surface area contributed by atoms with Crippen LogP contribution in [0, 0.1) is 0 Å². The van der Waals surface area contributed by atoms with E-state index in [1.165, 1.54) is 0 Å². The van der Waals surface area contributed by atoms with Gasteiger partial charge in [-0.1, -0.05) is 23.2 Å². The lowest BCUT2D eigenvalue weighted by Gasteiger charge is -2.20. The molecule has 1 atom stereocenters. The van der Waals surface area contributed by atoms with Gasteiger partial charge in [0.25, 0.3) is 0 Å². The number of rotatable bonds is 10. The number of aliphatic hydroxyl groups is 1. The molecule has 0 spiro atoms. The molecule has 0 fully saturated rings. The zero-order valence-corrected chi connectivity index (χ0v) is 17.7. The average Bonchev–Trinajstić information content (AvgIpc) is 2.57. The van der Waals surface area contributed by atoms with Crippen molar-refractivity contribution in [3.8, 4) is 0 Å². The van der Waals surface area contributed by atoms with Gasteiger partial charge in [0, 0.05) is 29.2 Å². The fourth-order valence-corrected chi connectivity index (χ4v) is 2.89. The highest BCUT2D eigenvalue weighted by atomic mass is 35.5. The Morgan fingerprint density at radius 2 is 1.81 bits per heavy atom. The van der Waals surface area contributed by atoms with Crippen LogP contribution < -0.4 is 10.6 Å². The number of aliphatic hydroxyl groups excluding tert-OH is 1. The van der Waals surface area contributed by atoms with Gasteiger partial charge in [-0.15, -0.1) is 0 Å². The maximum Gasteiger partial charge on any atom is 0.191 e. The molecule has 0 saturated carbocycles. The Labute approximate surface area is 167 Å². The van der Waals surface area contributed by atoms with E-state index in [1.807, 2.05) is 6.92 Å². The Bertz CT molecular complexity index is 546. The average molecular weight is 403 g/mol. The smallest absolute Gasteiger partial charge is 0.191 e. The van der Waals surface area contributed by atoms with E-state index >= 15 is 0 Å². The molecule has 1 unspecified atom stereocenters. The molecule has 1 aromatic carbocycles. The summed E-state index contributed by atoms with van der Waals surface area (Å²) in [7, 11) is 2.15. The lowest BCUT2D eigenvalue weighted by atomic mass is 10.1. The number of halogens is 2. The Kier molecular flexibility index (Phi) is 11.0. The van der Waals surface area contributed by atoms with Crippen LogP contribution in [0.15, 0.2) is 23.2 Å². The second-order valence-electron chi connectivity index (χ2n) is 6.65. The van der Waals surface area contributed by atoms with Gasteiger partial charge in [0.2, 0.25) is 0 Å². The molecule has 0 heterocycles. The third-order valence-corrected chi connectivity index (χ3v) is 4.58. The van der Waals surface area contributed by atoms with Crippen molar-refractivity contribution in [3.05, 3.63) is 33.8 Å². The second-order valence-corrected chi connectivity index (χ2v) is 7.52. The molecule has 7 heteroatoms. The summed E-state index contributed by atoms with van der Waals surface area (Å²) < 4.78 is 0. The van der Waals surface area contributed by atoms with Crippen molar-refractivity contribution < 1.29 is 5.11 Å². The molecule has 26 heavy (non-hydrogen) atoms. The van der Waals surface area contributed by atoms with Crippen LogP contribution in [-0.4, -0.2) is 55.2 Å². The lowest BCUT2D eigenvalue weighted by molar-refractivity contribution is 0.187. The van der Waals surface area contributed by atoms with E-state index in [0.717, 1.165) is 32.5 Å². The van der Waals surface area contributed by atoms with Crippen molar-refractivity contribution in [3.63, 3.8) is 0 Å². The first-order valence-electron chi connectivity index (χ1n) is 9.20. The second kappa shape index (κ2) is 12.4. The Balaban J connectivity index is 2.47. The number of hydrogen-bond acceptors (Lipinski definition) is 3. The van der Waals surface area contributed by atoms with Gasteiger partial charge < -0.3 is 20.6 Å². The Hall–Kier alpha value is -1.01. The number of hydrogen-bond donors (Lipinski definition) is 3. The van der Waals surface area contributed by atoms with Crippen LogP contribution in [0.25, 0.3) is 0 Å². The van der Waals surface area contributed by atoms with Crippen molar-refractivity contribution in [2.24, 2.45) is 4.99 Å². The first-order valence-corrected chi connectivity index (χ1v) is 9.95. The molecule has 0 aliphatic carbocycles.